The Hall–Kier alpha value is -1.37. The van der Waals surface area contributed by atoms with Gasteiger partial charge < -0.3 is 10.5 Å². The fraction of sp³-hybridized carbons (Fsp3) is 0.462. The zero-order valence-corrected chi connectivity index (χ0v) is 13.0. The van der Waals surface area contributed by atoms with Gasteiger partial charge in [0.1, 0.15) is 0 Å². The molecule has 1 saturated heterocycles. The van der Waals surface area contributed by atoms with E-state index in [-0.39, 0.29) is 6.04 Å². The van der Waals surface area contributed by atoms with E-state index >= 15 is 0 Å². The minimum absolute atomic E-state index is 0.133. The second kappa shape index (κ2) is 5.79. The lowest BCUT2D eigenvalue weighted by molar-refractivity contribution is 0.173. The highest BCUT2D eigenvalue weighted by Gasteiger charge is 2.27. The topological polar surface area (TPSA) is 78.8 Å². The molecule has 21 heavy (non-hydrogen) atoms. The summed E-state index contributed by atoms with van der Waals surface area (Å²) in [6, 6.07) is 3.59. The van der Waals surface area contributed by atoms with Crippen LogP contribution in [0.25, 0.3) is 11.4 Å². The van der Waals surface area contributed by atoms with Crippen LogP contribution >= 0.6 is 23.2 Å². The van der Waals surface area contributed by atoms with Gasteiger partial charge in [-0.05, 0) is 35.9 Å². The first-order valence-electron chi connectivity index (χ1n) is 6.68. The zero-order valence-electron chi connectivity index (χ0n) is 11.5. The zero-order chi connectivity index (χ0) is 15.0. The molecule has 1 aromatic carbocycles. The molecule has 0 spiro atoms. The number of nitrogens with two attached hydrogens (primary N) is 1. The molecular weight excluding hydrogens is 313 g/mol. The van der Waals surface area contributed by atoms with Crippen molar-refractivity contribution in [1.82, 2.24) is 20.2 Å². The van der Waals surface area contributed by atoms with E-state index in [4.69, 9.17) is 33.7 Å². The third-order valence-electron chi connectivity index (χ3n) is 3.84. The van der Waals surface area contributed by atoms with Gasteiger partial charge in [0.2, 0.25) is 0 Å². The molecular formula is C13H15Cl2N5O. The third kappa shape index (κ3) is 2.71. The maximum Gasteiger partial charge on any atom is 0.182 e. The number of aromatic nitrogens is 4. The van der Waals surface area contributed by atoms with Crippen molar-refractivity contribution in [1.29, 1.82) is 0 Å². The molecule has 0 radical (unpaired) electrons. The average molecular weight is 328 g/mol. The van der Waals surface area contributed by atoms with Gasteiger partial charge in [-0.1, -0.05) is 23.2 Å². The highest BCUT2D eigenvalue weighted by atomic mass is 35.5. The first-order valence-corrected chi connectivity index (χ1v) is 7.44. The molecule has 2 aromatic rings. The Morgan fingerprint density at radius 1 is 1.43 bits per heavy atom. The number of anilines is 1. The summed E-state index contributed by atoms with van der Waals surface area (Å²) in [5, 5.41) is 12.7. The first kappa shape index (κ1) is 14.6. The molecule has 0 aliphatic carbocycles. The molecule has 8 heteroatoms. The Morgan fingerprint density at radius 2 is 2.24 bits per heavy atom. The van der Waals surface area contributed by atoms with Crippen molar-refractivity contribution in [3.05, 3.63) is 22.2 Å². The Kier molecular flexibility index (Phi) is 4.01. The Morgan fingerprint density at radius 3 is 2.90 bits per heavy atom. The van der Waals surface area contributed by atoms with E-state index in [0.717, 1.165) is 25.2 Å². The summed E-state index contributed by atoms with van der Waals surface area (Å²) in [4.78, 5) is 0. The molecule has 1 aromatic heterocycles. The van der Waals surface area contributed by atoms with Crippen LogP contribution in [0.2, 0.25) is 10.0 Å². The summed E-state index contributed by atoms with van der Waals surface area (Å²) in [6.07, 6.45) is 1.00. The normalized spacial score (nSPS) is 19.9. The predicted molar refractivity (Wildman–Crippen MR) is 81.3 cm³/mol. The smallest absolute Gasteiger partial charge is 0.182 e. The minimum atomic E-state index is 0.133. The molecule has 2 unspecified atom stereocenters. The van der Waals surface area contributed by atoms with Crippen molar-refractivity contribution in [2.45, 2.75) is 19.4 Å². The largest absolute Gasteiger partial charge is 0.397 e. The Labute approximate surface area is 132 Å². The van der Waals surface area contributed by atoms with Gasteiger partial charge in [0.05, 0.1) is 28.4 Å². The molecule has 1 aliphatic heterocycles. The number of nitrogen functional groups attached to an aromatic ring is 1. The number of rotatable bonds is 3. The average Bonchev–Trinajstić information content (AvgIpc) is 3.14. The summed E-state index contributed by atoms with van der Waals surface area (Å²) in [5.41, 5.74) is 7.02. The molecule has 1 fully saturated rings. The SMILES string of the molecule is CC(C1CCOC1)n1nnnc1-c1cc(N)c(Cl)c(Cl)c1. The van der Waals surface area contributed by atoms with Crippen LogP contribution in [0.15, 0.2) is 12.1 Å². The predicted octanol–water partition coefficient (Wildman–Crippen LogP) is 2.83. The molecule has 3 rings (SSSR count). The van der Waals surface area contributed by atoms with Crippen LogP contribution in [0.4, 0.5) is 5.69 Å². The summed E-state index contributed by atoms with van der Waals surface area (Å²) < 4.78 is 7.23. The second-order valence-corrected chi connectivity index (χ2v) is 5.96. The van der Waals surface area contributed by atoms with Gasteiger partial charge in [0.25, 0.3) is 0 Å². The van der Waals surface area contributed by atoms with Crippen LogP contribution in [0.5, 0.6) is 0 Å². The van der Waals surface area contributed by atoms with Gasteiger partial charge in [-0.15, -0.1) is 5.10 Å². The molecule has 112 valence electrons. The maximum atomic E-state index is 6.09. The molecule has 0 amide bonds. The number of halogens is 2. The second-order valence-electron chi connectivity index (χ2n) is 5.17. The monoisotopic (exact) mass is 327 g/mol. The van der Waals surface area contributed by atoms with E-state index in [1.165, 1.54) is 0 Å². The number of benzene rings is 1. The summed E-state index contributed by atoms with van der Waals surface area (Å²) in [6.45, 7) is 3.59. The van der Waals surface area contributed by atoms with E-state index in [2.05, 4.69) is 22.4 Å². The summed E-state index contributed by atoms with van der Waals surface area (Å²) in [5.74, 6) is 1.02. The standard InChI is InChI=1S/C13H15Cl2N5O/c1-7(8-2-3-21-6-8)20-13(17-18-19-20)9-4-10(14)12(15)11(16)5-9/h4-5,7-8H,2-3,6,16H2,1H3. The molecule has 0 bridgehead atoms. The van der Waals surface area contributed by atoms with Crippen molar-refractivity contribution in [3.8, 4) is 11.4 Å². The quantitative estimate of drug-likeness (QED) is 0.877. The summed E-state index contributed by atoms with van der Waals surface area (Å²) in [7, 11) is 0. The number of hydrogen-bond acceptors (Lipinski definition) is 5. The van der Waals surface area contributed by atoms with Gasteiger partial charge in [-0.25, -0.2) is 4.68 Å². The van der Waals surface area contributed by atoms with Crippen LogP contribution in [0.1, 0.15) is 19.4 Å². The number of tetrazole rings is 1. The van der Waals surface area contributed by atoms with Gasteiger partial charge in [-0.3, -0.25) is 0 Å². The molecule has 1 aliphatic rings. The first-order chi connectivity index (χ1) is 10.1. The van der Waals surface area contributed by atoms with Gasteiger partial charge in [0.15, 0.2) is 5.82 Å². The van der Waals surface area contributed by atoms with Crippen LogP contribution < -0.4 is 5.73 Å². The lowest BCUT2D eigenvalue weighted by Crippen LogP contribution is -2.19. The lowest BCUT2D eigenvalue weighted by atomic mass is 10.0. The van der Waals surface area contributed by atoms with E-state index < -0.39 is 0 Å². The molecule has 2 heterocycles. The van der Waals surface area contributed by atoms with Crippen LogP contribution in [-0.4, -0.2) is 33.4 Å². The minimum Gasteiger partial charge on any atom is -0.397 e. The van der Waals surface area contributed by atoms with E-state index in [1.807, 2.05) is 0 Å². The number of ether oxygens (including phenoxy) is 1. The van der Waals surface area contributed by atoms with Crippen molar-refractivity contribution >= 4 is 28.9 Å². The van der Waals surface area contributed by atoms with Crippen molar-refractivity contribution < 1.29 is 4.74 Å². The van der Waals surface area contributed by atoms with E-state index in [0.29, 0.717) is 27.5 Å². The molecule has 2 atom stereocenters. The van der Waals surface area contributed by atoms with Crippen LogP contribution in [-0.2, 0) is 4.74 Å². The van der Waals surface area contributed by atoms with Crippen molar-refractivity contribution in [3.63, 3.8) is 0 Å². The molecule has 6 nitrogen and oxygen atoms in total. The van der Waals surface area contributed by atoms with E-state index in [1.54, 1.807) is 16.8 Å². The molecule has 2 N–H and O–H groups in total. The highest BCUT2D eigenvalue weighted by molar-refractivity contribution is 6.43. The van der Waals surface area contributed by atoms with Gasteiger partial charge in [0, 0.05) is 18.1 Å². The Balaban J connectivity index is 1.98. The van der Waals surface area contributed by atoms with Crippen molar-refractivity contribution in [2.75, 3.05) is 18.9 Å². The highest BCUT2D eigenvalue weighted by Crippen LogP contribution is 2.34. The number of hydrogen-bond donors (Lipinski definition) is 1. The lowest BCUT2D eigenvalue weighted by Gasteiger charge is -2.19. The fourth-order valence-electron chi connectivity index (χ4n) is 2.53. The fourth-order valence-corrected chi connectivity index (χ4v) is 2.87. The third-order valence-corrected chi connectivity index (χ3v) is 4.66. The van der Waals surface area contributed by atoms with Gasteiger partial charge in [-0.2, -0.15) is 0 Å². The van der Waals surface area contributed by atoms with E-state index in [9.17, 15) is 0 Å². The molecule has 0 saturated carbocycles. The van der Waals surface area contributed by atoms with Crippen LogP contribution in [0.3, 0.4) is 0 Å². The van der Waals surface area contributed by atoms with Crippen molar-refractivity contribution in [2.24, 2.45) is 5.92 Å². The van der Waals surface area contributed by atoms with Crippen LogP contribution in [0, 0.1) is 5.92 Å². The maximum absolute atomic E-state index is 6.09. The van der Waals surface area contributed by atoms with Gasteiger partial charge >= 0.3 is 0 Å². The number of nitrogens with zero attached hydrogens (tertiary/aromatic N) is 4. The Bertz CT molecular complexity index is 631. The summed E-state index contributed by atoms with van der Waals surface area (Å²) >= 11 is 12.1.